The highest BCUT2D eigenvalue weighted by Gasteiger charge is 2.32. The molecule has 0 saturated heterocycles. The second-order valence-electron chi connectivity index (χ2n) is 5.83. The third kappa shape index (κ3) is 3.13. The Bertz CT molecular complexity index is 620. The van der Waals surface area contributed by atoms with Crippen molar-refractivity contribution in [3.8, 4) is 0 Å². The number of rotatable bonds is 4. The van der Waals surface area contributed by atoms with E-state index in [0.29, 0.717) is 12.0 Å². The zero-order valence-electron chi connectivity index (χ0n) is 12.0. The minimum atomic E-state index is -0.209. The van der Waals surface area contributed by atoms with Crippen molar-refractivity contribution in [2.45, 2.75) is 37.8 Å². The average Bonchev–Trinajstić information content (AvgIpc) is 2.43. The summed E-state index contributed by atoms with van der Waals surface area (Å²) in [7, 11) is 0. The Morgan fingerprint density at radius 3 is 2.52 bits per heavy atom. The molecule has 1 saturated carbocycles. The van der Waals surface area contributed by atoms with E-state index in [-0.39, 0.29) is 17.7 Å². The van der Waals surface area contributed by atoms with Gasteiger partial charge in [0.1, 0.15) is 11.6 Å². The van der Waals surface area contributed by atoms with Gasteiger partial charge in [-0.1, -0.05) is 30.3 Å². The van der Waals surface area contributed by atoms with E-state index >= 15 is 0 Å². The lowest BCUT2D eigenvalue weighted by atomic mass is 9.75. The summed E-state index contributed by atoms with van der Waals surface area (Å²) in [6.07, 6.45) is 1.86. The molecule has 3 heteroatoms. The SMILES string of the molecule is C[C@@H](NC1CC(c2ccccc2F)C1)c1cccc(F)c1. The first-order valence-electron chi connectivity index (χ1n) is 7.39. The topological polar surface area (TPSA) is 12.0 Å². The van der Waals surface area contributed by atoms with E-state index in [2.05, 4.69) is 5.32 Å². The molecule has 0 amide bonds. The molecule has 110 valence electrons. The van der Waals surface area contributed by atoms with Crippen molar-refractivity contribution >= 4 is 0 Å². The zero-order valence-corrected chi connectivity index (χ0v) is 12.0. The number of halogens is 2. The summed E-state index contributed by atoms with van der Waals surface area (Å²) in [4.78, 5) is 0. The first kappa shape index (κ1) is 14.2. The van der Waals surface area contributed by atoms with Crippen molar-refractivity contribution < 1.29 is 8.78 Å². The molecule has 0 heterocycles. The van der Waals surface area contributed by atoms with Gasteiger partial charge in [0.25, 0.3) is 0 Å². The molecule has 0 spiro atoms. The van der Waals surface area contributed by atoms with Gasteiger partial charge in [-0.15, -0.1) is 0 Å². The minimum Gasteiger partial charge on any atom is -0.307 e. The van der Waals surface area contributed by atoms with Gasteiger partial charge in [0.15, 0.2) is 0 Å². The van der Waals surface area contributed by atoms with E-state index in [1.807, 2.05) is 25.1 Å². The van der Waals surface area contributed by atoms with Crippen molar-refractivity contribution in [1.29, 1.82) is 0 Å². The van der Waals surface area contributed by atoms with Crippen LogP contribution in [0.15, 0.2) is 48.5 Å². The summed E-state index contributed by atoms with van der Waals surface area (Å²) >= 11 is 0. The molecule has 1 nitrogen and oxygen atoms in total. The molecular formula is C18H19F2N. The van der Waals surface area contributed by atoms with E-state index < -0.39 is 0 Å². The van der Waals surface area contributed by atoms with Crippen molar-refractivity contribution in [3.05, 3.63) is 71.3 Å². The Labute approximate surface area is 124 Å². The lowest BCUT2D eigenvalue weighted by Gasteiger charge is -2.38. The van der Waals surface area contributed by atoms with E-state index in [9.17, 15) is 8.78 Å². The van der Waals surface area contributed by atoms with Gasteiger partial charge in [-0.05, 0) is 55.0 Å². The van der Waals surface area contributed by atoms with Crippen LogP contribution in [-0.4, -0.2) is 6.04 Å². The first-order valence-corrected chi connectivity index (χ1v) is 7.39. The number of benzene rings is 2. The highest BCUT2D eigenvalue weighted by molar-refractivity contribution is 5.25. The van der Waals surface area contributed by atoms with Crippen LogP contribution in [0.25, 0.3) is 0 Å². The number of nitrogens with one attached hydrogen (secondary N) is 1. The predicted octanol–water partition coefficient (Wildman–Crippen LogP) is 4.56. The fourth-order valence-electron chi connectivity index (χ4n) is 3.04. The summed E-state index contributed by atoms with van der Waals surface area (Å²) in [5, 5.41) is 3.49. The first-order chi connectivity index (χ1) is 10.1. The molecule has 0 aliphatic heterocycles. The molecule has 0 aromatic heterocycles. The van der Waals surface area contributed by atoms with Crippen molar-refractivity contribution in [3.63, 3.8) is 0 Å². The smallest absolute Gasteiger partial charge is 0.126 e. The third-order valence-corrected chi connectivity index (χ3v) is 4.32. The summed E-state index contributed by atoms with van der Waals surface area (Å²) in [6.45, 7) is 2.03. The molecule has 2 aromatic rings. The highest BCUT2D eigenvalue weighted by atomic mass is 19.1. The molecule has 1 aliphatic carbocycles. The lowest BCUT2D eigenvalue weighted by molar-refractivity contribution is 0.266. The quantitative estimate of drug-likeness (QED) is 0.869. The van der Waals surface area contributed by atoms with Crippen LogP contribution in [-0.2, 0) is 0 Å². The molecule has 3 rings (SSSR count). The van der Waals surface area contributed by atoms with Crippen molar-refractivity contribution in [2.75, 3.05) is 0 Å². The monoisotopic (exact) mass is 287 g/mol. The summed E-state index contributed by atoms with van der Waals surface area (Å²) in [5.74, 6) is -0.0264. The number of hydrogen-bond donors (Lipinski definition) is 1. The van der Waals surface area contributed by atoms with Crippen molar-refractivity contribution in [2.24, 2.45) is 0 Å². The fourth-order valence-corrected chi connectivity index (χ4v) is 3.04. The predicted molar refractivity (Wildman–Crippen MR) is 80.1 cm³/mol. The lowest BCUT2D eigenvalue weighted by Crippen LogP contribution is -2.41. The average molecular weight is 287 g/mol. The van der Waals surface area contributed by atoms with E-state index in [4.69, 9.17) is 0 Å². The van der Waals surface area contributed by atoms with Gasteiger partial charge in [0.05, 0.1) is 0 Å². The van der Waals surface area contributed by atoms with Crippen LogP contribution in [0.5, 0.6) is 0 Å². The van der Waals surface area contributed by atoms with Gasteiger partial charge in [-0.25, -0.2) is 8.78 Å². The minimum absolute atomic E-state index is 0.104. The molecule has 0 bridgehead atoms. The van der Waals surface area contributed by atoms with Crippen LogP contribution in [0, 0.1) is 11.6 Å². The maximum absolute atomic E-state index is 13.7. The van der Waals surface area contributed by atoms with Gasteiger partial charge in [0, 0.05) is 12.1 Å². The molecule has 1 N–H and O–H groups in total. The largest absolute Gasteiger partial charge is 0.307 e. The molecule has 2 aromatic carbocycles. The Balaban J connectivity index is 1.56. The summed E-state index contributed by atoms with van der Waals surface area (Å²) < 4.78 is 26.9. The third-order valence-electron chi connectivity index (χ3n) is 4.32. The maximum Gasteiger partial charge on any atom is 0.126 e. The van der Waals surface area contributed by atoms with E-state index in [1.54, 1.807) is 18.2 Å². The Morgan fingerprint density at radius 1 is 1.05 bits per heavy atom. The molecule has 1 atom stereocenters. The molecule has 0 radical (unpaired) electrons. The van der Waals surface area contributed by atoms with Gasteiger partial charge in [-0.2, -0.15) is 0 Å². The maximum atomic E-state index is 13.7. The normalized spacial score (nSPS) is 22.6. The van der Waals surface area contributed by atoms with Gasteiger partial charge in [-0.3, -0.25) is 0 Å². The van der Waals surface area contributed by atoms with Crippen LogP contribution in [0.2, 0.25) is 0 Å². The summed E-state index contributed by atoms with van der Waals surface area (Å²) in [6, 6.07) is 14.1. The van der Waals surface area contributed by atoms with Gasteiger partial charge >= 0.3 is 0 Å². The Morgan fingerprint density at radius 2 is 1.81 bits per heavy atom. The second kappa shape index (κ2) is 5.94. The van der Waals surface area contributed by atoms with E-state index in [1.165, 1.54) is 12.1 Å². The van der Waals surface area contributed by atoms with Crippen LogP contribution < -0.4 is 5.32 Å². The standard InChI is InChI=1S/C18H19F2N/c1-12(13-5-4-6-15(19)9-13)21-16-10-14(11-16)17-7-2-3-8-18(17)20/h2-9,12,14,16,21H,10-11H2,1H3/t12-,14?,16?/m1/s1. The van der Waals surface area contributed by atoms with Crippen LogP contribution in [0.4, 0.5) is 8.78 Å². The fraction of sp³-hybridized carbons (Fsp3) is 0.333. The molecule has 0 unspecified atom stereocenters. The van der Waals surface area contributed by atoms with Crippen LogP contribution >= 0.6 is 0 Å². The number of hydrogen-bond acceptors (Lipinski definition) is 1. The molecule has 1 fully saturated rings. The van der Waals surface area contributed by atoms with Crippen LogP contribution in [0.3, 0.4) is 0 Å². The summed E-state index contributed by atoms with van der Waals surface area (Å²) in [5.41, 5.74) is 1.76. The van der Waals surface area contributed by atoms with E-state index in [0.717, 1.165) is 24.0 Å². The van der Waals surface area contributed by atoms with Gasteiger partial charge in [0.2, 0.25) is 0 Å². The van der Waals surface area contributed by atoms with Crippen molar-refractivity contribution in [1.82, 2.24) is 5.32 Å². The van der Waals surface area contributed by atoms with Gasteiger partial charge < -0.3 is 5.32 Å². The molecular weight excluding hydrogens is 268 g/mol. The zero-order chi connectivity index (χ0) is 14.8. The molecule has 1 aliphatic rings. The van der Waals surface area contributed by atoms with Crippen LogP contribution in [0.1, 0.15) is 42.9 Å². The Hall–Kier alpha value is -1.74. The molecule has 21 heavy (non-hydrogen) atoms. The highest BCUT2D eigenvalue weighted by Crippen LogP contribution is 2.38. The second-order valence-corrected chi connectivity index (χ2v) is 5.83. The Kier molecular flexibility index (Phi) is 4.02.